The number of halogens is 1. The molecule has 1 aromatic heterocycles. The van der Waals surface area contributed by atoms with E-state index in [1.165, 1.54) is 0 Å². The van der Waals surface area contributed by atoms with Crippen molar-refractivity contribution in [2.75, 3.05) is 6.54 Å². The number of imidazole rings is 1. The number of rotatable bonds is 3. The Balaban J connectivity index is 0.00000300. The van der Waals surface area contributed by atoms with Crippen LogP contribution in [0.2, 0.25) is 0 Å². The van der Waals surface area contributed by atoms with Gasteiger partial charge in [-0.05, 0) is 23.0 Å². The number of nitrogens with zero attached hydrogens (tertiary/aromatic N) is 3. The van der Waals surface area contributed by atoms with E-state index in [0.717, 1.165) is 22.5 Å². The monoisotopic (exact) mass is 462 g/mol. The molecular formula is C22H31BrN4O2. The van der Waals surface area contributed by atoms with E-state index in [9.17, 15) is 9.90 Å². The van der Waals surface area contributed by atoms with Crippen LogP contribution in [0.1, 0.15) is 74.4 Å². The van der Waals surface area contributed by atoms with Crippen molar-refractivity contribution in [1.82, 2.24) is 14.5 Å². The molecule has 1 aliphatic rings. The Morgan fingerprint density at radius 1 is 1.14 bits per heavy atom. The average molecular weight is 463 g/mol. The number of amidine groups is 1. The summed E-state index contributed by atoms with van der Waals surface area (Å²) in [6, 6.07) is 3.61. The van der Waals surface area contributed by atoms with Crippen LogP contribution in [0.4, 0.5) is 0 Å². The van der Waals surface area contributed by atoms with E-state index < -0.39 is 0 Å². The Kier molecular flexibility index (Phi) is 6.06. The third kappa shape index (κ3) is 4.25. The molecule has 0 radical (unpaired) electrons. The summed E-state index contributed by atoms with van der Waals surface area (Å²) in [7, 11) is 1.86. The van der Waals surface area contributed by atoms with Gasteiger partial charge in [-0.25, -0.2) is 4.98 Å². The number of phenolic OH excluding ortho intramolecular Hbond substituents is 1. The lowest BCUT2D eigenvalue weighted by atomic mass is 9.78. The number of benzene rings is 1. The number of Topliss-reactive ketones (excluding diaryl/α,β-unsaturated/α-hetero) is 1. The molecule has 0 bridgehead atoms. The summed E-state index contributed by atoms with van der Waals surface area (Å²) >= 11 is 0. The highest BCUT2D eigenvalue weighted by atomic mass is 79.9. The van der Waals surface area contributed by atoms with Crippen LogP contribution < -0.4 is 0 Å². The van der Waals surface area contributed by atoms with Gasteiger partial charge in [-0.2, -0.15) is 0 Å². The predicted molar refractivity (Wildman–Crippen MR) is 121 cm³/mol. The summed E-state index contributed by atoms with van der Waals surface area (Å²) in [5.41, 5.74) is 3.13. The number of phenols is 1. The molecule has 0 saturated heterocycles. The Morgan fingerprint density at radius 3 is 2.10 bits per heavy atom. The van der Waals surface area contributed by atoms with E-state index in [1.54, 1.807) is 23.4 Å². The molecule has 0 unspecified atom stereocenters. The van der Waals surface area contributed by atoms with Gasteiger partial charge >= 0.3 is 0 Å². The van der Waals surface area contributed by atoms with Gasteiger partial charge in [-0.1, -0.05) is 41.5 Å². The lowest BCUT2D eigenvalue weighted by molar-refractivity contribution is 0.0962. The van der Waals surface area contributed by atoms with Gasteiger partial charge in [0, 0.05) is 23.7 Å². The van der Waals surface area contributed by atoms with Gasteiger partial charge < -0.3 is 14.6 Å². The molecule has 0 aliphatic carbocycles. The van der Waals surface area contributed by atoms with Crippen LogP contribution in [0, 0.1) is 5.41 Å². The molecule has 29 heavy (non-hydrogen) atoms. The SMILES string of the molecule is Br.Cn1cnc2c1C(=N)N(CC(=O)c1cc(C(C)(C)C)c(O)c(C(C)(C)C)c1)C2. The van der Waals surface area contributed by atoms with Crippen molar-refractivity contribution < 1.29 is 9.90 Å². The largest absolute Gasteiger partial charge is 0.507 e. The van der Waals surface area contributed by atoms with E-state index in [-0.39, 0.29) is 45.9 Å². The van der Waals surface area contributed by atoms with Gasteiger partial charge in [0.15, 0.2) is 5.78 Å². The Labute approximate surface area is 183 Å². The van der Waals surface area contributed by atoms with Crippen molar-refractivity contribution in [2.45, 2.75) is 58.9 Å². The van der Waals surface area contributed by atoms with Crippen molar-refractivity contribution in [1.29, 1.82) is 5.41 Å². The lowest BCUT2D eigenvalue weighted by Crippen LogP contribution is -2.31. The zero-order chi connectivity index (χ0) is 21.0. The Morgan fingerprint density at radius 2 is 1.66 bits per heavy atom. The lowest BCUT2D eigenvalue weighted by Gasteiger charge is -2.28. The molecule has 0 fully saturated rings. The molecule has 1 aliphatic heterocycles. The summed E-state index contributed by atoms with van der Waals surface area (Å²) in [5, 5.41) is 19.2. The minimum atomic E-state index is -0.291. The number of carbonyl (C=O) groups excluding carboxylic acids is 1. The number of fused-ring (bicyclic) bond motifs is 1. The topological polar surface area (TPSA) is 82.2 Å². The predicted octanol–water partition coefficient (Wildman–Crippen LogP) is 4.32. The third-order valence-corrected chi connectivity index (χ3v) is 5.28. The molecule has 0 spiro atoms. The van der Waals surface area contributed by atoms with E-state index in [1.807, 2.05) is 53.2 Å². The second-order valence-electron chi connectivity index (χ2n) is 9.70. The van der Waals surface area contributed by atoms with Crippen molar-refractivity contribution in [3.63, 3.8) is 0 Å². The third-order valence-electron chi connectivity index (χ3n) is 5.28. The molecule has 2 heterocycles. The number of hydrogen-bond acceptors (Lipinski definition) is 4. The van der Waals surface area contributed by atoms with Crippen molar-refractivity contribution in [2.24, 2.45) is 7.05 Å². The first-order chi connectivity index (χ1) is 12.8. The summed E-state index contributed by atoms with van der Waals surface area (Å²) in [6.07, 6.45) is 1.70. The first-order valence-electron chi connectivity index (χ1n) is 9.56. The minimum Gasteiger partial charge on any atom is -0.507 e. The van der Waals surface area contributed by atoms with Gasteiger partial charge in [0.05, 0.1) is 25.1 Å². The first-order valence-corrected chi connectivity index (χ1v) is 9.56. The molecule has 0 saturated carbocycles. The maximum atomic E-state index is 13.1. The number of ketones is 1. The van der Waals surface area contributed by atoms with Crippen LogP contribution in [0.15, 0.2) is 18.5 Å². The molecule has 2 N–H and O–H groups in total. The fourth-order valence-electron chi connectivity index (χ4n) is 3.65. The smallest absolute Gasteiger partial charge is 0.182 e. The molecule has 0 amide bonds. The zero-order valence-corrected chi connectivity index (χ0v) is 20.0. The van der Waals surface area contributed by atoms with Crippen molar-refractivity contribution in [3.8, 4) is 5.75 Å². The van der Waals surface area contributed by atoms with E-state index in [2.05, 4.69) is 4.98 Å². The second-order valence-corrected chi connectivity index (χ2v) is 9.70. The molecule has 158 valence electrons. The van der Waals surface area contributed by atoms with Gasteiger partial charge in [0.2, 0.25) is 0 Å². The summed E-state index contributed by atoms with van der Waals surface area (Å²) in [5.74, 6) is 0.532. The number of carbonyl (C=O) groups is 1. The first kappa shape index (κ1) is 23.1. The molecule has 6 nitrogen and oxygen atoms in total. The van der Waals surface area contributed by atoms with Gasteiger partial charge in [0.1, 0.15) is 17.3 Å². The van der Waals surface area contributed by atoms with Crippen LogP contribution in [-0.4, -0.2) is 37.7 Å². The Bertz CT molecular complexity index is 929. The van der Waals surface area contributed by atoms with E-state index >= 15 is 0 Å². The molecule has 2 aromatic rings. The number of hydrogen-bond donors (Lipinski definition) is 2. The zero-order valence-electron chi connectivity index (χ0n) is 18.3. The number of aromatic hydroxyl groups is 1. The van der Waals surface area contributed by atoms with Crippen molar-refractivity contribution in [3.05, 3.63) is 46.5 Å². The minimum absolute atomic E-state index is 0. The van der Waals surface area contributed by atoms with Crippen LogP contribution in [0.5, 0.6) is 5.75 Å². The molecule has 0 atom stereocenters. The maximum Gasteiger partial charge on any atom is 0.182 e. The van der Waals surface area contributed by atoms with Crippen LogP contribution in [0.25, 0.3) is 0 Å². The van der Waals surface area contributed by atoms with Gasteiger partial charge in [-0.15, -0.1) is 17.0 Å². The Hall–Kier alpha value is -2.15. The second kappa shape index (κ2) is 7.59. The summed E-state index contributed by atoms with van der Waals surface area (Å²) < 4.78 is 1.82. The van der Waals surface area contributed by atoms with Gasteiger partial charge in [-0.3, -0.25) is 10.2 Å². The van der Waals surface area contributed by atoms with E-state index in [4.69, 9.17) is 5.41 Å². The number of aromatic nitrogens is 2. The maximum absolute atomic E-state index is 13.1. The molecule has 1 aromatic carbocycles. The van der Waals surface area contributed by atoms with Gasteiger partial charge in [0.25, 0.3) is 0 Å². The standard InChI is InChI=1S/C22H30N4O2.BrH/c1-21(2,3)14-8-13(9-15(19(14)28)22(4,5)6)17(27)11-26-10-16-18(20(26)23)25(7)12-24-16;/h8-9,12,23,28H,10-11H2,1-7H3;1H. The fraction of sp³-hybridized carbons (Fsp3) is 0.500. The highest BCUT2D eigenvalue weighted by Gasteiger charge is 2.31. The quantitative estimate of drug-likeness (QED) is 0.665. The average Bonchev–Trinajstić information content (AvgIpc) is 3.06. The molecule has 3 rings (SSSR count). The molecule has 7 heteroatoms. The van der Waals surface area contributed by atoms with Crippen molar-refractivity contribution >= 4 is 28.6 Å². The fourth-order valence-corrected chi connectivity index (χ4v) is 3.65. The van der Waals surface area contributed by atoms with Crippen LogP contribution >= 0.6 is 17.0 Å². The number of aryl methyl sites for hydroxylation is 1. The van der Waals surface area contributed by atoms with E-state index in [0.29, 0.717) is 17.9 Å². The number of nitrogens with one attached hydrogen (secondary N) is 1. The summed E-state index contributed by atoms with van der Waals surface area (Å²) in [6.45, 7) is 12.8. The molecular weight excluding hydrogens is 432 g/mol. The highest BCUT2D eigenvalue weighted by molar-refractivity contribution is 8.93. The van der Waals surface area contributed by atoms with Crippen LogP contribution in [0.3, 0.4) is 0 Å². The highest BCUT2D eigenvalue weighted by Crippen LogP contribution is 2.40. The summed E-state index contributed by atoms with van der Waals surface area (Å²) in [4.78, 5) is 19.2. The van der Waals surface area contributed by atoms with Crippen LogP contribution in [-0.2, 0) is 24.4 Å². The normalized spacial score (nSPS) is 14.0.